The Kier molecular flexibility index (Phi) is 36.4. The van der Waals surface area contributed by atoms with E-state index < -0.39 is 75.7 Å². The Bertz CT molecular complexity index is 1290. The highest BCUT2D eigenvalue weighted by Gasteiger charge is 2.51. The molecule has 1 fully saturated rings. The second kappa shape index (κ2) is 39.0. The van der Waals surface area contributed by atoms with Gasteiger partial charge in [0.25, 0.3) is 0 Å². The molecule has 0 aromatic rings. The zero-order valence-electron chi connectivity index (χ0n) is 38.9. The molecular weight excluding hydrogens is 828 g/mol. The van der Waals surface area contributed by atoms with Gasteiger partial charge in [-0.25, -0.2) is 4.57 Å². The van der Waals surface area contributed by atoms with Crippen molar-refractivity contribution in [1.82, 2.24) is 0 Å². The van der Waals surface area contributed by atoms with Gasteiger partial charge in [0.2, 0.25) is 0 Å². The second-order valence-corrected chi connectivity index (χ2v) is 18.3. The Morgan fingerprint density at radius 2 is 0.905 bits per heavy atom. The van der Waals surface area contributed by atoms with Crippen molar-refractivity contribution in [2.45, 2.75) is 236 Å². The van der Waals surface area contributed by atoms with E-state index in [2.05, 4.69) is 62.5 Å². The third-order valence-corrected chi connectivity index (χ3v) is 12.2. The summed E-state index contributed by atoms with van der Waals surface area (Å²) >= 11 is 0. The molecule has 0 aromatic carbocycles. The monoisotopic (exact) mass is 915 g/mol. The topological polar surface area (TPSA) is 210 Å². The molecule has 0 aliphatic heterocycles. The predicted molar refractivity (Wildman–Crippen MR) is 249 cm³/mol. The van der Waals surface area contributed by atoms with Gasteiger partial charge in [0.1, 0.15) is 43.2 Å². The van der Waals surface area contributed by atoms with Crippen LogP contribution in [0.15, 0.2) is 48.6 Å². The molecule has 0 bridgehead atoms. The normalized spacial score (nSPS) is 22.1. The van der Waals surface area contributed by atoms with Crippen molar-refractivity contribution in [2.24, 2.45) is 0 Å². The van der Waals surface area contributed by atoms with Crippen molar-refractivity contribution in [1.29, 1.82) is 0 Å². The summed E-state index contributed by atoms with van der Waals surface area (Å²) in [5.74, 6) is -1.11. The molecule has 63 heavy (non-hydrogen) atoms. The van der Waals surface area contributed by atoms with Crippen LogP contribution < -0.4 is 0 Å². The molecular formula is C49H87O13P. The third kappa shape index (κ3) is 31.4. The molecule has 0 amide bonds. The molecule has 6 unspecified atom stereocenters. The van der Waals surface area contributed by atoms with Gasteiger partial charge in [0, 0.05) is 12.8 Å². The minimum atomic E-state index is -5.12. The van der Waals surface area contributed by atoms with Gasteiger partial charge in [-0.05, 0) is 51.4 Å². The van der Waals surface area contributed by atoms with Crippen molar-refractivity contribution in [3.05, 3.63) is 48.6 Å². The van der Waals surface area contributed by atoms with Gasteiger partial charge in [0.15, 0.2) is 6.10 Å². The minimum absolute atomic E-state index is 0.0807. The first-order valence-corrected chi connectivity index (χ1v) is 25.9. The number of aliphatic hydroxyl groups excluding tert-OH is 5. The maximum atomic E-state index is 12.8. The Hall–Kier alpha value is -2.19. The Labute approximate surface area is 380 Å². The van der Waals surface area contributed by atoms with Crippen LogP contribution in [0.1, 0.15) is 194 Å². The molecule has 0 radical (unpaired) electrons. The van der Waals surface area contributed by atoms with Crippen molar-refractivity contribution in [3.8, 4) is 0 Å². The molecule has 0 heterocycles. The maximum Gasteiger partial charge on any atom is 0.472 e. The van der Waals surface area contributed by atoms with Crippen molar-refractivity contribution in [2.75, 3.05) is 13.2 Å². The first-order chi connectivity index (χ1) is 30.4. The molecule has 0 saturated heterocycles. The van der Waals surface area contributed by atoms with Crippen LogP contribution in [-0.4, -0.2) is 98.3 Å². The van der Waals surface area contributed by atoms with Crippen LogP contribution in [0.3, 0.4) is 0 Å². The van der Waals surface area contributed by atoms with Gasteiger partial charge >= 0.3 is 19.8 Å². The lowest BCUT2D eigenvalue weighted by atomic mass is 9.85. The average Bonchev–Trinajstić information content (AvgIpc) is 3.26. The molecule has 1 rings (SSSR count). The maximum absolute atomic E-state index is 12.8. The summed E-state index contributed by atoms with van der Waals surface area (Å²) in [6.45, 7) is 3.19. The number of hydrogen-bond donors (Lipinski definition) is 6. The number of allylic oxidation sites excluding steroid dienone is 8. The molecule has 6 N–H and O–H groups in total. The van der Waals surface area contributed by atoms with Crippen molar-refractivity contribution < 1.29 is 63.1 Å². The zero-order valence-corrected chi connectivity index (χ0v) is 39.8. The predicted octanol–water partition coefficient (Wildman–Crippen LogP) is 9.95. The van der Waals surface area contributed by atoms with Crippen LogP contribution in [0.4, 0.5) is 0 Å². The van der Waals surface area contributed by atoms with Gasteiger partial charge in [-0.15, -0.1) is 0 Å². The van der Waals surface area contributed by atoms with Gasteiger partial charge in [-0.3, -0.25) is 18.6 Å². The summed E-state index contributed by atoms with van der Waals surface area (Å²) in [5.41, 5.74) is 0. The Balaban J connectivity index is 2.44. The van der Waals surface area contributed by atoms with Crippen molar-refractivity contribution in [3.63, 3.8) is 0 Å². The minimum Gasteiger partial charge on any atom is -0.462 e. The summed E-state index contributed by atoms with van der Waals surface area (Å²) < 4.78 is 33.6. The van der Waals surface area contributed by atoms with E-state index in [-0.39, 0.29) is 12.8 Å². The molecule has 0 spiro atoms. The lowest BCUT2D eigenvalue weighted by molar-refractivity contribution is -0.220. The average molecular weight is 915 g/mol. The molecule has 1 saturated carbocycles. The number of esters is 2. The van der Waals surface area contributed by atoms with E-state index in [0.717, 1.165) is 83.5 Å². The molecule has 13 nitrogen and oxygen atoms in total. The summed E-state index contributed by atoms with van der Waals surface area (Å²) in [4.78, 5) is 35.8. The fourth-order valence-corrected chi connectivity index (χ4v) is 8.25. The smallest absolute Gasteiger partial charge is 0.462 e. The van der Waals surface area contributed by atoms with Crippen LogP contribution in [-0.2, 0) is 32.7 Å². The number of aliphatic hydroxyl groups is 5. The van der Waals surface area contributed by atoms with Crippen LogP contribution in [0.2, 0.25) is 0 Å². The highest BCUT2D eigenvalue weighted by Crippen LogP contribution is 2.47. The summed E-state index contributed by atoms with van der Waals surface area (Å²) in [7, 11) is -5.12. The molecule has 1 aliphatic rings. The molecule has 366 valence electrons. The second-order valence-electron chi connectivity index (χ2n) is 16.9. The summed E-state index contributed by atoms with van der Waals surface area (Å²) in [5, 5.41) is 50.2. The number of carbonyl (C=O) groups excluding carboxylic acids is 2. The van der Waals surface area contributed by atoms with E-state index in [4.69, 9.17) is 18.5 Å². The number of rotatable bonds is 40. The summed E-state index contributed by atoms with van der Waals surface area (Å²) in [6, 6.07) is 0. The lowest BCUT2D eigenvalue weighted by Crippen LogP contribution is -2.64. The van der Waals surface area contributed by atoms with E-state index >= 15 is 0 Å². The fraction of sp³-hybridized carbons (Fsp3) is 0.796. The highest BCUT2D eigenvalue weighted by atomic mass is 31.2. The van der Waals surface area contributed by atoms with E-state index in [9.17, 15) is 44.6 Å². The number of unbranched alkanes of at least 4 members (excludes halogenated alkanes) is 20. The quantitative estimate of drug-likeness (QED) is 0.0147. The largest absolute Gasteiger partial charge is 0.472 e. The number of phosphoric ester groups is 1. The van der Waals surface area contributed by atoms with Gasteiger partial charge < -0.3 is 39.9 Å². The van der Waals surface area contributed by atoms with Gasteiger partial charge in [-0.2, -0.15) is 0 Å². The van der Waals surface area contributed by atoms with E-state index in [1.54, 1.807) is 0 Å². The Morgan fingerprint density at radius 3 is 1.38 bits per heavy atom. The molecule has 8 atom stereocenters. The lowest BCUT2D eigenvalue weighted by Gasteiger charge is -2.41. The molecule has 1 aliphatic carbocycles. The highest BCUT2D eigenvalue weighted by molar-refractivity contribution is 7.47. The third-order valence-electron chi connectivity index (χ3n) is 11.2. The number of hydrogen-bond acceptors (Lipinski definition) is 12. The van der Waals surface area contributed by atoms with E-state index in [1.165, 1.54) is 70.6 Å². The number of ether oxygens (including phenoxy) is 2. The number of carbonyl (C=O) groups is 2. The number of phosphoric acid groups is 1. The SMILES string of the molecule is CC/C=C\C/C=C\C/C=C\C/C=C\CCCCCCCCC(=O)O[C@H](COC(=O)CCCCCCCCCCCCCCCCC)COP(=O)(O)OC1C(O)C(O)C(O)[C@@H](O)C1O. The van der Waals surface area contributed by atoms with Crippen LogP contribution >= 0.6 is 7.82 Å². The molecule has 14 heteroatoms. The van der Waals surface area contributed by atoms with Gasteiger partial charge in [-0.1, -0.05) is 178 Å². The molecule has 0 aromatic heterocycles. The van der Waals surface area contributed by atoms with Crippen LogP contribution in [0.5, 0.6) is 0 Å². The first-order valence-electron chi connectivity index (χ1n) is 24.4. The standard InChI is InChI=1S/C49H87O13P/c1-3-5-7-9-11-13-15-17-19-20-21-22-24-26-28-30-32-34-36-38-43(51)61-41(40-60-63(57,58)62-49-47(55)45(53)44(52)46(54)48(49)56)39-59-42(50)37-35-33-31-29-27-25-23-18-16-14-12-10-8-6-4-2/h5,7,11,13,17,19,21-22,41,44-49,52-56H,3-4,6,8-10,12,14-16,18,20,23-40H2,1-2H3,(H,57,58)/b7-5-,13-11-,19-17-,22-21-/t41-,44?,45-,46?,47?,48?,49?/m1/s1. The zero-order chi connectivity index (χ0) is 46.4. The van der Waals surface area contributed by atoms with Gasteiger partial charge in [0.05, 0.1) is 6.61 Å². The first kappa shape index (κ1) is 58.8. The fourth-order valence-electron chi connectivity index (χ4n) is 7.28. The summed E-state index contributed by atoms with van der Waals surface area (Å²) in [6.07, 6.45) is 33.0. The van der Waals surface area contributed by atoms with Crippen molar-refractivity contribution >= 4 is 19.8 Å². The van der Waals surface area contributed by atoms with E-state index in [0.29, 0.717) is 12.8 Å². The Morgan fingerprint density at radius 1 is 0.508 bits per heavy atom. The van der Waals surface area contributed by atoms with Crippen LogP contribution in [0, 0.1) is 0 Å². The van der Waals surface area contributed by atoms with E-state index in [1.807, 2.05) is 0 Å². The van der Waals surface area contributed by atoms with Crippen LogP contribution in [0.25, 0.3) is 0 Å².